The third kappa shape index (κ3) is 4.75. The Hall–Kier alpha value is -0.0800. The smallest absolute Gasteiger partial charge is 0.0271 e. The molecule has 2 unspecified atom stereocenters. The first-order valence-corrected chi connectivity index (χ1v) is 8.48. The van der Waals surface area contributed by atoms with Gasteiger partial charge in [-0.2, -0.15) is 0 Å². The van der Waals surface area contributed by atoms with E-state index in [4.69, 9.17) is 0 Å². The molecule has 2 nitrogen and oxygen atoms in total. The molecule has 1 rings (SSSR count). The van der Waals surface area contributed by atoms with E-state index in [9.17, 15) is 0 Å². The summed E-state index contributed by atoms with van der Waals surface area (Å²) in [4.78, 5) is 2.79. The molecule has 19 heavy (non-hydrogen) atoms. The van der Waals surface area contributed by atoms with Crippen molar-refractivity contribution in [2.75, 3.05) is 20.1 Å². The highest BCUT2D eigenvalue weighted by Crippen LogP contribution is 2.37. The van der Waals surface area contributed by atoms with E-state index in [-0.39, 0.29) is 0 Å². The van der Waals surface area contributed by atoms with Crippen LogP contribution in [-0.2, 0) is 0 Å². The Kier molecular flexibility index (Phi) is 7.38. The molecule has 0 aromatic rings. The molecule has 0 saturated heterocycles. The van der Waals surface area contributed by atoms with Crippen LogP contribution in [0.25, 0.3) is 0 Å². The van der Waals surface area contributed by atoms with Gasteiger partial charge in [-0.15, -0.1) is 0 Å². The normalized spacial score (nSPS) is 26.8. The van der Waals surface area contributed by atoms with Crippen LogP contribution in [0.3, 0.4) is 0 Å². The van der Waals surface area contributed by atoms with Gasteiger partial charge in [0.15, 0.2) is 0 Å². The van der Waals surface area contributed by atoms with Gasteiger partial charge in [-0.25, -0.2) is 0 Å². The van der Waals surface area contributed by atoms with Crippen molar-refractivity contribution in [3.05, 3.63) is 0 Å². The van der Waals surface area contributed by atoms with Crippen molar-refractivity contribution < 1.29 is 0 Å². The minimum Gasteiger partial charge on any atom is -0.315 e. The number of hydrogen-bond acceptors (Lipinski definition) is 2. The number of nitrogens with one attached hydrogen (secondary N) is 1. The Morgan fingerprint density at radius 1 is 1.11 bits per heavy atom. The summed E-state index contributed by atoms with van der Waals surface area (Å²) in [6.45, 7) is 12.1. The highest BCUT2D eigenvalue weighted by Gasteiger charge is 2.40. The van der Waals surface area contributed by atoms with E-state index >= 15 is 0 Å². The molecule has 0 aromatic carbocycles. The zero-order valence-electron chi connectivity index (χ0n) is 14.0. The Balaban J connectivity index is 2.72. The average molecular weight is 268 g/mol. The highest BCUT2D eigenvalue weighted by molar-refractivity contribution is 4.97. The predicted molar refractivity (Wildman–Crippen MR) is 85.7 cm³/mol. The lowest BCUT2D eigenvalue weighted by molar-refractivity contribution is 0.0502. The van der Waals surface area contributed by atoms with Crippen molar-refractivity contribution in [2.45, 2.75) is 84.7 Å². The van der Waals surface area contributed by atoms with Crippen molar-refractivity contribution in [3.8, 4) is 0 Å². The standard InChI is InChI=1S/C17H36N2/c1-6-8-13-19(14-9-7-2)15-11-10-12-17(3,4)16(15)18-5/h15-16,18H,6-14H2,1-5H3. The summed E-state index contributed by atoms with van der Waals surface area (Å²) in [6, 6.07) is 1.39. The summed E-state index contributed by atoms with van der Waals surface area (Å²) in [5.74, 6) is 0. The molecule has 1 aliphatic rings. The number of likely N-dealkylation sites (N-methyl/N-ethyl adjacent to an activating group) is 1. The van der Waals surface area contributed by atoms with Crippen LogP contribution < -0.4 is 5.32 Å². The Morgan fingerprint density at radius 2 is 1.68 bits per heavy atom. The molecule has 1 fully saturated rings. The van der Waals surface area contributed by atoms with Gasteiger partial charge < -0.3 is 5.32 Å². The second kappa shape index (κ2) is 8.26. The second-order valence-electron chi connectivity index (χ2n) is 6.96. The number of rotatable bonds is 8. The van der Waals surface area contributed by atoms with E-state index in [0.717, 1.165) is 6.04 Å². The molecule has 1 saturated carbocycles. The first-order valence-electron chi connectivity index (χ1n) is 8.48. The summed E-state index contributed by atoms with van der Waals surface area (Å²) in [5, 5.41) is 3.64. The maximum Gasteiger partial charge on any atom is 0.0271 e. The quantitative estimate of drug-likeness (QED) is 0.714. The fourth-order valence-corrected chi connectivity index (χ4v) is 3.75. The first-order chi connectivity index (χ1) is 9.06. The van der Waals surface area contributed by atoms with E-state index in [1.807, 2.05) is 0 Å². The van der Waals surface area contributed by atoms with Crippen LogP contribution in [0.1, 0.15) is 72.6 Å². The third-order valence-corrected chi connectivity index (χ3v) is 4.93. The monoisotopic (exact) mass is 268 g/mol. The van der Waals surface area contributed by atoms with Crippen molar-refractivity contribution >= 4 is 0 Å². The lowest BCUT2D eigenvalue weighted by atomic mass is 9.70. The summed E-state index contributed by atoms with van der Waals surface area (Å²) < 4.78 is 0. The Morgan fingerprint density at radius 3 is 2.16 bits per heavy atom. The molecule has 1 N–H and O–H groups in total. The molecular weight excluding hydrogens is 232 g/mol. The number of unbranched alkanes of at least 4 members (excludes halogenated alkanes) is 2. The minimum atomic E-state index is 0.439. The SMILES string of the molecule is CCCCN(CCCC)C1CCCC(C)(C)C1NC. The molecule has 0 aromatic heterocycles. The summed E-state index contributed by atoms with van der Waals surface area (Å²) in [6.07, 6.45) is 9.44. The van der Waals surface area contributed by atoms with Gasteiger partial charge in [0.05, 0.1) is 0 Å². The largest absolute Gasteiger partial charge is 0.315 e. The number of hydrogen-bond donors (Lipinski definition) is 1. The minimum absolute atomic E-state index is 0.439. The second-order valence-corrected chi connectivity index (χ2v) is 6.96. The van der Waals surface area contributed by atoms with E-state index in [0.29, 0.717) is 11.5 Å². The van der Waals surface area contributed by atoms with Gasteiger partial charge in [0.25, 0.3) is 0 Å². The van der Waals surface area contributed by atoms with Crippen molar-refractivity contribution in [2.24, 2.45) is 5.41 Å². The Bertz CT molecular complexity index is 229. The van der Waals surface area contributed by atoms with E-state index in [1.165, 1.54) is 58.0 Å². The lowest BCUT2D eigenvalue weighted by Crippen LogP contribution is -2.58. The zero-order chi connectivity index (χ0) is 14.3. The fourth-order valence-electron chi connectivity index (χ4n) is 3.75. The van der Waals surface area contributed by atoms with Crippen molar-refractivity contribution in [1.82, 2.24) is 10.2 Å². The van der Waals surface area contributed by atoms with Crippen LogP contribution in [0.4, 0.5) is 0 Å². The van der Waals surface area contributed by atoms with Gasteiger partial charge in [-0.1, -0.05) is 47.0 Å². The van der Waals surface area contributed by atoms with Crippen LogP contribution in [0.15, 0.2) is 0 Å². The van der Waals surface area contributed by atoms with Crippen LogP contribution in [0.2, 0.25) is 0 Å². The average Bonchev–Trinajstić information content (AvgIpc) is 2.38. The van der Waals surface area contributed by atoms with Gasteiger partial charge in [-0.3, -0.25) is 4.90 Å². The van der Waals surface area contributed by atoms with Gasteiger partial charge in [0.2, 0.25) is 0 Å². The Labute approximate surface area is 121 Å². The molecule has 1 aliphatic carbocycles. The summed E-state index contributed by atoms with van der Waals surface area (Å²) >= 11 is 0. The van der Waals surface area contributed by atoms with Crippen LogP contribution in [0.5, 0.6) is 0 Å². The summed E-state index contributed by atoms with van der Waals surface area (Å²) in [5.41, 5.74) is 0.439. The molecular formula is C17H36N2. The molecule has 2 atom stereocenters. The molecule has 0 heterocycles. The molecule has 114 valence electrons. The van der Waals surface area contributed by atoms with Crippen molar-refractivity contribution in [3.63, 3.8) is 0 Å². The molecule has 0 bridgehead atoms. The predicted octanol–water partition coefficient (Wildman–Crippen LogP) is 4.06. The van der Waals surface area contributed by atoms with Gasteiger partial charge in [0.1, 0.15) is 0 Å². The fraction of sp³-hybridized carbons (Fsp3) is 1.00. The van der Waals surface area contributed by atoms with Crippen LogP contribution >= 0.6 is 0 Å². The zero-order valence-corrected chi connectivity index (χ0v) is 14.0. The molecule has 2 heteroatoms. The summed E-state index contributed by atoms with van der Waals surface area (Å²) in [7, 11) is 2.16. The maximum atomic E-state index is 3.64. The first kappa shape index (κ1) is 17.0. The van der Waals surface area contributed by atoms with Gasteiger partial charge >= 0.3 is 0 Å². The molecule has 0 radical (unpaired) electrons. The lowest BCUT2D eigenvalue weighted by Gasteiger charge is -2.48. The molecule has 0 spiro atoms. The highest BCUT2D eigenvalue weighted by atomic mass is 15.2. The number of nitrogens with zero attached hydrogens (tertiary/aromatic N) is 1. The van der Waals surface area contributed by atoms with Gasteiger partial charge in [0, 0.05) is 12.1 Å². The molecule has 0 aliphatic heterocycles. The van der Waals surface area contributed by atoms with Crippen LogP contribution in [0, 0.1) is 5.41 Å². The topological polar surface area (TPSA) is 15.3 Å². The van der Waals surface area contributed by atoms with Crippen molar-refractivity contribution in [1.29, 1.82) is 0 Å². The maximum absolute atomic E-state index is 3.64. The van der Waals surface area contributed by atoms with E-state index in [2.05, 4.69) is 45.0 Å². The third-order valence-electron chi connectivity index (χ3n) is 4.93. The molecule has 0 amide bonds. The van der Waals surface area contributed by atoms with Gasteiger partial charge in [-0.05, 0) is 51.2 Å². The van der Waals surface area contributed by atoms with E-state index in [1.54, 1.807) is 0 Å². The van der Waals surface area contributed by atoms with Crippen LogP contribution in [-0.4, -0.2) is 37.1 Å². The van der Waals surface area contributed by atoms with E-state index < -0.39 is 0 Å².